The van der Waals surface area contributed by atoms with Gasteiger partial charge in [-0.2, -0.15) is 12.7 Å². The zero-order valence-electron chi connectivity index (χ0n) is 3.27. The Morgan fingerprint density at radius 2 is 2.00 bits per heavy atom. The smallest absolute Gasteiger partial charge is 0.189 e. The second-order valence-electron chi connectivity index (χ2n) is 0.691. The summed E-state index contributed by atoms with van der Waals surface area (Å²) >= 11 is 1.89. The van der Waals surface area contributed by atoms with E-state index in [0.29, 0.717) is 0 Å². The average Bonchev–Trinajstić information content (AvgIpc) is 1.21. The molecule has 6 nitrogen and oxygen atoms in total. The van der Waals surface area contributed by atoms with Crippen molar-refractivity contribution >= 4 is 23.4 Å². The van der Waals surface area contributed by atoms with E-state index in [1.54, 1.807) is 0 Å². The van der Waals surface area contributed by atoms with Crippen LogP contribution in [0.3, 0.4) is 0 Å². The molecule has 8 heteroatoms. The van der Waals surface area contributed by atoms with Gasteiger partial charge in [-0.15, -0.1) is 10.1 Å². The fourth-order valence-electron chi connectivity index (χ4n) is 0.0727. The fourth-order valence-corrected chi connectivity index (χ4v) is 0.508. The van der Waals surface area contributed by atoms with E-state index in [4.69, 9.17) is 0 Å². The highest BCUT2D eigenvalue weighted by Gasteiger charge is 2.08. The standard InChI is InChI=1S/BrNO5S/c1-8(5,6)7-2(3)4. The van der Waals surface area contributed by atoms with E-state index >= 15 is 0 Å². The van der Waals surface area contributed by atoms with Crippen LogP contribution in [0.4, 0.5) is 0 Å². The van der Waals surface area contributed by atoms with Gasteiger partial charge >= 0.3 is 13.6 Å². The second kappa shape index (κ2) is 2.27. The zero-order valence-corrected chi connectivity index (χ0v) is 5.68. The lowest BCUT2D eigenvalue weighted by Gasteiger charge is -1.85. The molecule has 0 unspecified atom stereocenters. The predicted octanol–water partition coefficient (Wildman–Crippen LogP) is -0.166. The van der Waals surface area contributed by atoms with E-state index in [-0.39, 0.29) is 0 Å². The normalized spacial score (nSPS) is 10.6. The molecule has 0 aromatic rings. The molecule has 0 saturated heterocycles. The Bertz CT molecular complexity index is 179. The molecular formula is BrNO5S. The highest BCUT2D eigenvalue weighted by atomic mass is 79.9. The molecule has 0 N–H and O–H groups in total. The van der Waals surface area contributed by atoms with Gasteiger partial charge in [0.05, 0.1) is 14.8 Å². The maximum absolute atomic E-state index is 9.69. The second-order valence-corrected chi connectivity index (χ2v) is 4.01. The molecule has 0 saturated carbocycles. The Hall–Kier alpha value is -0.370. The third kappa shape index (κ3) is 5.63. The van der Waals surface area contributed by atoms with Crippen LogP contribution in [-0.2, 0) is 12.8 Å². The molecule has 0 aromatic carbocycles. The molecule has 0 amide bonds. The SMILES string of the molecule is O=[N+]([O-])OS(=O)(=O)Br. The van der Waals surface area contributed by atoms with Crippen LogP contribution in [0.2, 0.25) is 0 Å². The van der Waals surface area contributed by atoms with Gasteiger partial charge in [0, 0.05) is 0 Å². The molecule has 0 atom stereocenters. The summed E-state index contributed by atoms with van der Waals surface area (Å²) in [6, 6.07) is 0. The molecule has 0 fully saturated rings. The van der Waals surface area contributed by atoms with E-state index in [1.807, 2.05) is 14.8 Å². The van der Waals surface area contributed by atoms with Crippen LogP contribution in [0.25, 0.3) is 0 Å². The van der Waals surface area contributed by atoms with Crippen molar-refractivity contribution in [2.45, 2.75) is 0 Å². The highest BCUT2D eigenvalue weighted by molar-refractivity contribution is 9.46. The Kier molecular flexibility index (Phi) is 2.16. The van der Waals surface area contributed by atoms with E-state index < -0.39 is 13.6 Å². The van der Waals surface area contributed by atoms with Crippen molar-refractivity contribution in [2.24, 2.45) is 0 Å². The summed E-state index contributed by atoms with van der Waals surface area (Å²) in [6.07, 6.45) is 0. The van der Waals surface area contributed by atoms with Crippen molar-refractivity contribution in [3.63, 3.8) is 0 Å². The Balaban J connectivity index is 3.95. The van der Waals surface area contributed by atoms with Crippen molar-refractivity contribution < 1.29 is 17.8 Å². The number of nitrogens with zero attached hydrogens (tertiary/aromatic N) is 1. The van der Waals surface area contributed by atoms with Gasteiger partial charge in [-0.05, 0) is 0 Å². The van der Waals surface area contributed by atoms with Crippen LogP contribution in [0.15, 0.2) is 0 Å². The van der Waals surface area contributed by atoms with Gasteiger partial charge in [-0.1, -0.05) is 0 Å². The molecule has 0 spiro atoms. The molecule has 0 radical (unpaired) electrons. The third-order valence-electron chi connectivity index (χ3n) is 0.150. The molecule has 0 aliphatic rings. The summed E-state index contributed by atoms with van der Waals surface area (Å²) in [5.41, 5.74) is 0. The van der Waals surface area contributed by atoms with Crippen LogP contribution in [0.1, 0.15) is 0 Å². The molecule has 0 aliphatic heterocycles. The monoisotopic (exact) mass is 205 g/mol. The topological polar surface area (TPSA) is 86.5 Å². The minimum atomic E-state index is -4.11. The molecule has 0 heterocycles. The zero-order chi connectivity index (χ0) is 6.78. The fraction of sp³-hybridized carbons (Fsp3) is 0. The van der Waals surface area contributed by atoms with Crippen LogP contribution in [0, 0.1) is 10.1 Å². The summed E-state index contributed by atoms with van der Waals surface area (Å²) < 4.78 is 22.4. The number of halogens is 1. The number of rotatable bonds is 2. The molecule has 8 heavy (non-hydrogen) atoms. The highest BCUT2D eigenvalue weighted by Crippen LogP contribution is 2.00. The van der Waals surface area contributed by atoms with Crippen molar-refractivity contribution in [1.29, 1.82) is 0 Å². The first kappa shape index (κ1) is 7.63. The van der Waals surface area contributed by atoms with Crippen molar-refractivity contribution in [3.05, 3.63) is 10.1 Å². The summed E-state index contributed by atoms with van der Waals surface area (Å²) in [5, 5.41) is 7.76. The number of hydrogen-bond donors (Lipinski definition) is 0. The maximum atomic E-state index is 9.69. The quantitative estimate of drug-likeness (QED) is 0.355. The minimum absolute atomic E-state index is 1.43. The Morgan fingerprint density at radius 3 is 2.00 bits per heavy atom. The Labute approximate surface area is 51.9 Å². The number of hydrogen-bond acceptors (Lipinski definition) is 5. The van der Waals surface area contributed by atoms with Gasteiger partial charge in [0.1, 0.15) is 0 Å². The van der Waals surface area contributed by atoms with Gasteiger partial charge in [-0.25, -0.2) is 0 Å². The van der Waals surface area contributed by atoms with E-state index in [1.165, 1.54) is 0 Å². The summed E-state index contributed by atoms with van der Waals surface area (Å²) in [5.74, 6) is 0. The van der Waals surface area contributed by atoms with Gasteiger partial charge < -0.3 is 0 Å². The van der Waals surface area contributed by atoms with E-state index in [0.717, 1.165) is 0 Å². The first-order chi connectivity index (χ1) is 3.42. The van der Waals surface area contributed by atoms with Crippen LogP contribution < -0.4 is 0 Å². The van der Waals surface area contributed by atoms with Gasteiger partial charge in [0.2, 0.25) is 0 Å². The largest absolute Gasteiger partial charge is 0.365 e. The van der Waals surface area contributed by atoms with E-state index in [9.17, 15) is 18.5 Å². The van der Waals surface area contributed by atoms with Crippen LogP contribution in [0.5, 0.6) is 0 Å². The summed E-state index contributed by atoms with van der Waals surface area (Å²) in [6.45, 7) is 0. The van der Waals surface area contributed by atoms with Gasteiger partial charge in [0.25, 0.3) is 0 Å². The van der Waals surface area contributed by atoms with Gasteiger partial charge in [0.15, 0.2) is 0 Å². The Morgan fingerprint density at radius 1 is 1.62 bits per heavy atom. The molecule has 48 valence electrons. The lowest BCUT2D eigenvalue weighted by molar-refractivity contribution is -0.710. The molecular weight excluding hydrogens is 206 g/mol. The minimum Gasteiger partial charge on any atom is -0.189 e. The van der Waals surface area contributed by atoms with Crippen LogP contribution in [-0.4, -0.2) is 13.5 Å². The average molecular weight is 206 g/mol. The summed E-state index contributed by atoms with van der Waals surface area (Å²) in [7, 11) is -4.11. The van der Waals surface area contributed by atoms with E-state index in [2.05, 4.69) is 4.28 Å². The van der Waals surface area contributed by atoms with Crippen LogP contribution >= 0.6 is 14.8 Å². The van der Waals surface area contributed by atoms with Gasteiger partial charge in [-0.3, -0.25) is 0 Å². The third-order valence-corrected chi connectivity index (χ3v) is 0.804. The first-order valence-corrected chi connectivity index (χ1v) is 4.45. The van der Waals surface area contributed by atoms with Crippen molar-refractivity contribution in [2.75, 3.05) is 0 Å². The lowest BCUT2D eigenvalue weighted by atomic mass is 13.1. The molecule has 0 aliphatic carbocycles. The first-order valence-electron chi connectivity index (χ1n) is 1.20. The predicted molar refractivity (Wildman–Crippen MR) is 25.9 cm³/mol. The molecule has 0 bridgehead atoms. The lowest BCUT2D eigenvalue weighted by Crippen LogP contribution is -2.03. The molecule has 0 rings (SSSR count). The van der Waals surface area contributed by atoms with Crippen molar-refractivity contribution in [3.8, 4) is 0 Å². The maximum Gasteiger partial charge on any atom is 0.365 e. The summed E-state index contributed by atoms with van der Waals surface area (Å²) in [4.78, 5) is 9.19. The van der Waals surface area contributed by atoms with Crippen molar-refractivity contribution in [1.82, 2.24) is 0 Å². The molecule has 0 aromatic heterocycles.